The number of para-hydroxylation sites is 1. The number of hydrogen-bond acceptors (Lipinski definition) is 3. The molecule has 0 bridgehead atoms. The molecule has 0 saturated heterocycles. The summed E-state index contributed by atoms with van der Waals surface area (Å²) in [6.45, 7) is 4.06. The van der Waals surface area contributed by atoms with Crippen LogP contribution in [0, 0.1) is 6.92 Å². The summed E-state index contributed by atoms with van der Waals surface area (Å²) in [4.78, 5) is 5.55. The zero-order chi connectivity index (χ0) is 12.7. The second kappa shape index (κ2) is 4.37. The van der Waals surface area contributed by atoms with Crippen molar-refractivity contribution in [1.82, 2.24) is 9.38 Å². The molecular weight excluding hydrogens is 244 g/mol. The molecule has 2 aromatic heterocycles. The molecule has 2 heterocycles. The Labute approximate surface area is 110 Å². The van der Waals surface area contributed by atoms with Crippen LogP contribution in [0.5, 0.6) is 0 Å². The number of nitrogens with zero attached hydrogens (tertiary/aromatic N) is 2. The van der Waals surface area contributed by atoms with E-state index in [0.717, 1.165) is 34.7 Å². The number of aliphatic hydroxyl groups excluding tert-OH is 1. The number of fused-ring (bicyclic) bond motifs is 3. The lowest BCUT2D eigenvalue weighted by Crippen LogP contribution is -2.02. The van der Waals surface area contributed by atoms with Gasteiger partial charge in [0.15, 0.2) is 4.96 Å². The highest BCUT2D eigenvalue weighted by Crippen LogP contribution is 2.32. The smallest absolute Gasteiger partial charge is 0.195 e. The summed E-state index contributed by atoms with van der Waals surface area (Å²) in [6.07, 6.45) is 1.32. The van der Waals surface area contributed by atoms with Gasteiger partial charge in [-0.25, -0.2) is 4.98 Å². The van der Waals surface area contributed by atoms with Gasteiger partial charge in [-0.15, -0.1) is 0 Å². The molecule has 0 saturated carbocycles. The van der Waals surface area contributed by atoms with Gasteiger partial charge in [-0.3, -0.25) is 4.40 Å². The number of aliphatic hydroxyl groups is 1. The summed E-state index contributed by atoms with van der Waals surface area (Å²) in [7, 11) is 0. The van der Waals surface area contributed by atoms with Crippen molar-refractivity contribution < 1.29 is 5.11 Å². The molecule has 0 radical (unpaired) electrons. The van der Waals surface area contributed by atoms with E-state index in [9.17, 15) is 5.11 Å². The van der Waals surface area contributed by atoms with Crippen molar-refractivity contribution in [2.24, 2.45) is 0 Å². The number of thiazole rings is 1. The molecule has 94 valence electrons. The molecule has 1 atom stereocenters. The molecule has 0 aliphatic rings. The Morgan fingerprint density at radius 3 is 2.94 bits per heavy atom. The predicted molar refractivity (Wildman–Crippen MR) is 75.2 cm³/mol. The van der Waals surface area contributed by atoms with Crippen molar-refractivity contribution in [1.29, 1.82) is 0 Å². The SMILES string of the molecule is CCCC(O)c1c(C)nc2sc3ccccc3n12. The third-order valence-corrected chi connectivity index (χ3v) is 4.27. The minimum absolute atomic E-state index is 0.428. The minimum Gasteiger partial charge on any atom is -0.387 e. The van der Waals surface area contributed by atoms with Crippen LogP contribution >= 0.6 is 11.3 Å². The van der Waals surface area contributed by atoms with Crippen LogP contribution in [0.25, 0.3) is 15.2 Å². The Morgan fingerprint density at radius 2 is 2.17 bits per heavy atom. The molecule has 1 N–H and O–H groups in total. The van der Waals surface area contributed by atoms with Crippen LogP contribution < -0.4 is 0 Å². The third-order valence-electron chi connectivity index (χ3n) is 3.25. The van der Waals surface area contributed by atoms with E-state index in [1.165, 1.54) is 4.70 Å². The van der Waals surface area contributed by atoms with E-state index in [1.54, 1.807) is 11.3 Å². The van der Waals surface area contributed by atoms with Crippen LogP contribution in [0.1, 0.15) is 37.3 Å². The Bertz CT molecular complexity index is 698. The molecule has 0 amide bonds. The van der Waals surface area contributed by atoms with Crippen molar-refractivity contribution in [2.75, 3.05) is 0 Å². The van der Waals surface area contributed by atoms with Gasteiger partial charge in [0.05, 0.1) is 27.7 Å². The Morgan fingerprint density at radius 1 is 1.39 bits per heavy atom. The molecule has 0 aliphatic carbocycles. The van der Waals surface area contributed by atoms with E-state index < -0.39 is 6.10 Å². The van der Waals surface area contributed by atoms with Crippen LogP contribution in [-0.4, -0.2) is 14.5 Å². The summed E-state index contributed by atoms with van der Waals surface area (Å²) in [6, 6.07) is 8.25. The van der Waals surface area contributed by atoms with Crippen molar-refractivity contribution in [3.05, 3.63) is 35.7 Å². The van der Waals surface area contributed by atoms with Gasteiger partial charge in [-0.1, -0.05) is 36.8 Å². The number of benzene rings is 1. The van der Waals surface area contributed by atoms with E-state index in [2.05, 4.69) is 28.4 Å². The molecule has 1 aromatic carbocycles. The van der Waals surface area contributed by atoms with Crippen molar-refractivity contribution in [3.8, 4) is 0 Å². The van der Waals surface area contributed by atoms with E-state index in [4.69, 9.17) is 0 Å². The zero-order valence-corrected chi connectivity index (χ0v) is 11.4. The quantitative estimate of drug-likeness (QED) is 0.780. The lowest BCUT2D eigenvalue weighted by molar-refractivity contribution is 0.160. The first-order valence-corrected chi connectivity index (χ1v) is 7.08. The van der Waals surface area contributed by atoms with Crippen molar-refractivity contribution in [2.45, 2.75) is 32.8 Å². The molecular formula is C14H16N2OS. The second-order valence-corrected chi connectivity index (χ2v) is 5.58. The van der Waals surface area contributed by atoms with Gasteiger partial charge in [0.2, 0.25) is 0 Å². The molecule has 0 spiro atoms. The van der Waals surface area contributed by atoms with Gasteiger partial charge in [0.1, 0.15) is 0 Å². The zero-order valence-electron chi connectivity index (χ0n) is 10.6. The standard InChI is InChI=1S/C14H16N2OS/c1-3-6-11(17)13-9(2)15-14-16(13)10-7-4-5-8-12(10)18-14/h4-5,7-8,11,17H,3,6H2,1-2H3. The Balaban J connectivity index is 2.31. The third kappa shape index (κ3) is 1.64. The number of aryl methyl sites for hydroxylation is 1. The van der Waals surface area contributed by atoms with Gasteiger partial charge in [0, 0.05) is 0 Å². The predicted octanol–water partition coefficient (Wildman–Crippen LogP) is 3.69. The Hall–Kier alpha value is -1.39. The average molecular weight is 260 g/mol. The van der Waals surface area contributed by atoms with Crippen molar-refractivity contribution in [3.63, 3.8) is 0 Å². The molecule has 0 fully saturated rings. The highest BCUT2D eigenvalue weighted by atomic mass is 32.1. The Kier molecular flexibility index (Phi) is 2.84. The van der Waals surface area contributed by atoms with E-state index in [-0.39, 0.29) is 0 Å². The fraction of sp³-hybridized carbons (Fsp3) is 0.357. The number of aromatic nitrogens is 2. The first-order chi connectivity index (χ1) is 8.72. The molecule has 3 aromatic rings. The second-order valence-electron chi connectivity index (χ2n) is 4.57. The lowest BCUT2D eigenvalue weighted by atomic mass is 10.1. The van der Waals surface area contributed by atoms with Gasteiger partial charge in [-0.05, 0) is 25.5 Å². The van der Waals surface area contributed by atoms with E-state index in [0.29, 0.717) is 0 Å². The van der Waals surface area contributed by atoms with Gasteiger partial charge in [0.25, 0.3) is 0 Å². The maximum absolute atomic E-state index is 10.3. The number of rotatable bonds is 3. The largest absolute Gasteiger partial charge is 0.387 e. The summed E-state index contributed by atoms with van der Waals surface area (Å²) in [5.74, 6) is 0. The lowest BCUT2D eigenvalue weighted by Gasteiger charge is -2.10. The topological polar surface area (TPSA) is 37.5 Å². The first kappa shape index (κ1) is 11.7. The average Bonchev–Trinajstić information content (AvgIpc) is 2.83. The molecule has 0 aliphatic heterocycles. The van der Waals surface area contributed by atoms with Gasteiger partial charge >= 0.3 is 0 Å². The van der Waals surface area contributed by atoms with E-state index >= 15 is 0 Å². The molecule has 1 unspecified atom stereocenters. The maximum Gasteiger partial charge on any atom is 0.195 e. The highest BCUT2D eigenvalue weighted by molar-refractivity contribution is 7.23. The van der Waals surface area contributed by atoms with Crippen LogP contribution in [0.3, 0.4) is 0 Å². The number of imidazole rings is 1. The fourth-order valence-electron chi connectivity index (χ4n) is 2.44. The molecule has 3 nitrogen and oxygen atoms in total. The van der Waals surface area contributed by atoms with Crippen LogP contribution in [0.15, 0.2) is 24.3 Å². The highest BCUT2D eigenvalue weighted by Gasteiger charge is 2.19. The van der Waals surface area contributed by atoms with E-state index in [1.807, 2.05) is 19.1 Å². The minimum atomic E-state index is -0.428. The van der Waals surface area contributed by atoms with Crippen LogP contribution in [0.4, 0.5) is 0 Å². The van der Waals surface area contributed by atoms with Crippen molar-refractivity contribution >= 4 is 26.5 Å². The molecule has 3 rings (SSSR count). The summed E-state index contributed by atoms with van der Waals surface area (Å²) >= 11 is 1.67. The monoisotopic (exact) mass is 260 g/mol. The van der Waals surface area contributed by atoms with Gasteiger partial charge < -0.3 is 5.11 Å². The van der Waals surface area contributed by atoms with Gasteiger partial charge in [-0.2, -0.15) is 0 Å². The summed E-state index contributed by atoms with van der Waals surface area (Å²) in [5.41, 5.74) is 3.03. The summed E-state index contributed by atoms with van der Waals surface area (Å²) < 4.78 is 3.32. The normalized spacial score (nSPS) is 13.5. The van der Waals surface area contributed by atoms with Crippen LogP contribution in [-0.2, 0) is 0 Å². The molecule has 18 heavy (non-hydrogen) atoms. The fourth-order valence-corrected chi connectivity index (χ4v) is 3.52. The number of hydrogen-bond donors (Lipinski definition) is 1. The van der Waals surface area contributed by atoms with Crippen LogP contribution in [0.2, 0.25) is 0 Å². The maximum atomic E-state index is 10.3. The summed E-state index contributed by atoms with van der Waals surface area (Å²) in [5, 5.41) is 10.3. The molecule has 4 heteroatoms. The first-order valence-electron chi connectivity index (χ1n) is 6.27.